The van der Waals surface area contributed by atoms with Crippen molar-refractivity contribution in [3.8, 4) is 0 Å². The first-order chi connectivity index (χ1) is 6.38. The Hall–Kier alpha value is -0.870. The van der Waals surface area contributed by atoms with Crippen LogP contribution in [0.1, 0.15) is 13.0 Å². The molecule has 2 unspecified atom stereocenters. The molecule has 2 rings (SSSR count). The van der Waals surface area contributed by atoms with Gasteiger partial charge in [0.15, 0.2) is 0 Å². The molecular weight excluding hydrogens is 166 g/mol. The van der Waals surface area contributed by atoms with Crippen LogP contribution in [0.4, 0.5) is 0 Å². The molecular formula is C9H15N3O. The van der Waals surface area contributed by atoms with Crippen LogP contribution in [0, 0.1) is 0 Å². The SMILES string of the molecule is CC(C1CNCCO1)n1ccnc1. The number of nitrogens with zero attached hydrogens (tertiary/aromatic N) is 2. The lowest BCUT2D eigenvalue weighted by atomic mass is 10.1. The molecule has 0 amide bonds. The molecule has 13 heavy (non-hydrogen) atoms. The Morgan fingerprint density at radius 1 is 1.69 bits per heavy atom. The predicted molar refractivity (Wildman–Crippen MR) is 49.5 cm³/mol. The van der Waals surface area contributed by atoms with Gasteiger partial charge in [-0.05, 0) is 6.92 Å². The highest BCUT2D eigenvalue weighted by Crippen LogP contribution is 2.14. The van der Waals surface area contributed by atoms with Crippen LogP contribution in [-0.4, -0.2) is 35.4 Å². The number of aromatic nitrogens is 2. The number of rotatable bonds is 2. The topological polar surface area (TPSA) is 39.1 Å². The van der Waals surface area contributed by atoms with Gasteiger partial charge in [0, 0.05) is 25.5 Å². The molecule has 0 aromatic carbocycles. The number of ether oxygens (including phenoxy) is 1. The summed E-state index contributed by atoms with van der Waals surface area (Å²) in [5.41, 5.74) is 0. The van der Waals surface area contributed by atoms with Crippen molar-refractivity contribution in [2.24, 2.45) is 0 Å². The van der Waals surface area contributed by atoms with E-state index in [1.54, 1.807) is 6.20 Å². The van der Waals surface area contributed by atoms with E-state index in [-0.39, 0.29) is 6.10 Å². The average molecular weight is 181 g/mol. The second kappa shape index (κ2) is 3.89. The van der Waals surface area contributed by atoms with Gasteiger partial charge in [0.25, 0.3) is 0 Å². The smallest absolute Gasteiger partial charge is 0.0949 e. The van der Waals surface area contributed by atoms with E-state index in [1.807, 2.05) is 12.5 Å². The lowest BCUT2D eigenvalue weighted by Gasteiger charge is -2.29. The Balaban J connectivity index is 1.99. The van der Waals surface area contributed by atoms with E-state index < -0.39 is 0 Å². The maximum Gasteiger partial charge on any atom is 0.0949 e. The lowest BCUT2D eigenvalue weighted by molar-refractivity contribution is -0.000418. The first-order valence-corrected chi connectivity index (χ1v) is 4.67. The van der Waals surface area contributed by atoms with E-state index in [0.717, 1.165) is 19.7 Å². The number of nitrogens with one attached hydrogen (secondary N) is 1. The van der Waals surface area contributed by atoms with Crippen molar-refractivity contribution in [1.29, 1.82) is 0 Å². The highest BCUT2D eigenvalue weighted by Gasteiger charge is 2.21. The first-order valence-electron chi connectivity index (χ1n) is 4.67. The minimum absolute atomic E-state index is 0.267. The van der Waals surface area contributed by atoms with Crippen molar-refractivity contribution < 1.29 is 4.74 Å². The monoisotopic (exact) mass is 181 g/mol. The van der Waals surface area contributed by atoms with Gasteiger partial charge in [-0.2, -0.15) is 0 Å². The Morgan fingerprint density at radius 3 is 3.23 bits per heavy atom. The largest absolute Gasteiger partial charge is 0.373 e. The number of morpholine rings is 1. The van der Waals surface area contributed by atoms with Crippen LogP contribution in [0.25, 0.3) is 0 Å². The molecule has 1 saturated heterocycles. The molecule has 1 aromatic rings. The quantitative estimate of drug-likeness (QED) is 0.719. The molecule has 1 aliphatic rings. The molecule has 2 heterocycles. The summed E-state index contributed by atoms with van der Waals surface area (Å²) in [6, 6.07) is 0.357. The summed E-state index contributed by atoms with van der Waals surface area (Å²) in [6.07, 6.45) is 5.88. The molecule has 0 aliphatic carbocycles. The molecule has 4 heteroatoms. The summed E-state index contributed by atoms with van der Waals surface area (Å²) < 4.78 is 7.73. The number of hydrogen-bond donors (Lipinski definition) is 1. The third-order valence-electron chi connectivity index (χ3n) is 2.49. The molecule has 1 aliphatic heterocycles. The van der Waals surface area contributed by atoms with Gasteiger partial charge in [0.05, 0.1) is 25.1 Å². The van der Waals surface area contributed by atoms with E-state index in [4.69, 9.17) is 4.74 Å². The zero-order valence-electron chi connectivity index (χ0n) is 7.81. The van der Waals surface area contributed by atoms with E-state index in [0.29, 0.717) is 6.04 Å². The summed E-state index contributed by atoms with van der Waals surface area (Å²) in [7, 11) is 0. The zero-order valence-corrected chi connectivity index (χ0v) is 7.81. The van der Waals surface area contributed by atoms with Crippen LogP contribution in [-0.2, 0) is 4.74 Å². The fraction of sp³-hybridized carbons (Fsp3) is 0.667. The Kier molecular flexibility index (Phi) is 2.61. The maximum atomic E-state index is 5.65. The van der Waals surface area contributed by atoms with Crippen LogP contribution in [0.2, 0.25) is 0 Å². The second-order valence-corrected chi connectivity index (χ2v) is 3.36. The summed E-state index contributed by atoms with van der Waals surface area (Å²) in [4.78, 5) is 4.03. The van der Waals surface area contributed by atoms with Crippen LogP contribution in [0.15, 0.2) is 18.7 Å². The molecule has 2 atom stereocenters. The lowest BCUT2D eigenvalue weighted by Crippen LogP contribution is -2.42. The maximum absolute atomic E-state index is 5.65. The molecule has 0 spiro atoms. The molecule has 1 fully saturated rings. The van der Waals surface area contributed by atoms with Crippen LogP contribution >= 0.6 is 0 Å². The Labute approximate surface area is 77.9 Å². The molecule has 0 bridgehead atoms. The molecule has 1 N–H and O–H groups in total. The highest BCUT2D eigenvalue weighted by atomic mass is 16.5. The van der Waals surface area contributed by atoms with Crippen molar-refractivity contribution in [2.45, 2.75) is 19.1 Å². The Morgan fingerprint density at radius 2 is 2.62 bits per heavy atom. The van der Waals surface area contributed by atoms with Crippen molar-refractivity contribution in [2.75, 3.05) is 19.7 Å². The standard InChI is InChI=1S/C9H15N3O/c1-8(12-4-2-11-7-12)9-6-10-3-5-13-9/h2,4,7-10H,3,5-6H2,1H3. The molecule has 0 saturated carbocycles. The molecule has 1 aromatic heterocycles. The second-order valence-electron chi connectivity index (χ2n) is 3.36. The van der Waals surface area contributed by atoms with Gasteiger partial charge in [-0.1, -0.05) is 0 Å². The van der Waals surface area contributed by atoms with Crippen LogP contribution < -0.4 is 5.32 Å². The van der Waals surface area contributed by atoms with Gasteiger partial charge >= 0.3 is 0 Å². The van der Waals surface area contributed by atoms with Gasteiger partial charge in [-0.3, -0.25) is 0 Å². The fourth-order valence-electron chi connectivity index (χ4n) is 1.60. The van der Waals surface area contributed by atoms with Gasteiger partial charge in [0.2, 0.25) is 0 Å². The van der Waals surface area contributed by atoms with Crippen LogP contribution in [0.3, 0.4) is 0 Å². The first kappa shape index (κ1) is 8.72. The summed E-state index contributed by atoms with van der Waals surface area (Å²) in [5, 5.41) is 3.32. The zero-order chi connectivity index (χ0) is 9.10. The summed E-state index contributed by atoms with van der Waals surface area (Å²) >= 11 is 0. The van der Waals surface area contributed by atoms with E-state index >= 15 is 0 Å². The highest BCUT2D eigenvalue weighted by molar-refractivity contribution is 4.84. The predicted octanol–water partition coefficient (Wildman–Crippen LogP) is 0.432. The minimum atomic E-state index is 0.267. The third kappa shape index (κ3) is 1.89. The number of imidazole rings is 1. The normalized spacial score (nSPS) is 25.8. The molecule has 72 valence electrons. The number of hydrogen-bond acceptors (Lipinski definition) is 3. The van der Waals surface area contributed by atoms with E-state index in [1.165, 1.54) is 0 Å². The van der Waals surface area contributed by atoms with Gasteiger partial charge in [-0.25, -0.2) is 4.98 Å². The van der Waals surface area contributed by atoms with Crippen molar-refractivity contribution in [1.82, 2.24) is 14.9 Å². The van der Waals surface area contributed by atoms with Gasteiger partial charge < -0.3 is 14.6 Å². The van der Waals surface area contributed by atoms with E-state index in [2.05, 4.69) is 21.8 Å². The average Bonchev–Trinajstić information content (AvgIpc) is 2.71. The van der Waals surface area contributed by atoms with E-state index in [9.17, 15) is 0 Å². The van der Waals surface area contributed by atoms with Crippen molar-refractivity contribution in [3.05, 3.63) is 18.7 Å². The molecule has 0 radical (unpaired) electrons. The van der Waals surface area contributed by atoms with Crippen LogP contribution in [0.5, 0.6) is 0 Å². The third-order valence-corrected chi connectivity index (χ3v) is 2.49. The summed E-state index contributed by atoms with van der Waals surface area (Å²) in [5.74, 6) is 0. The van der Waals surface area contributed by atoms with Crippen molar-refractivity contribution in [3.63, 3.8) is 0 Å². The summed E-state index contributed by atoms with van der Waals surface area (Å²) in [6.45, 7) is 4.86. The minimum Gasteiger partial charge on any atom is -0.373 e. The molecule has 4 nitrogen and oxygen atoms in total. The fourth-order valence-corrected chi connectivity index (χ4v) is 1.60. The van der Waals surface area contributed by atoms with Crippen molar-refractivity contribution >= 4 is 0 Å². The van der Waals surface area contributed by atoms with Gasteiger partial charge in [0.1, 0.15) is 0 Å². The van der Waals surface area contributed by atoms with Gasteiger partial charge in [-0.15, -0.1) is 0 Å². The Bertz CT molecular complexity index is 241.